The maximum absolute atomic E-state index is 5.79. The fourth-order valence-electron chi connectivity index (χ4n) is 2.14. The Morgan fingerprint density at radius 1 is 1.24 bits per heavy atom. The van der Waals surface area contributed by atoms with Crippen molar-refractivity contribution in [3.63, 3.8) is 0 Å². The lowest BCUT2D eigenvalue weighted by Gasteiger charge is -2.16. The van der Waals surface area contributed by atoms with Crippen LogP contribution in [0.3, 0.4) is 0 Å². The van der Waals surface area contributed by atoms with Crippen molar-refractivity contribution < 1.29 is 14.2 Å². The molecule has 4 heteroatoms. The lowest BCUT2D eigenvalue weighted by atomic mass is 10.0. The van der Waals surface area contributed by atoms with Crippen LogP contribution in [0.1, 0.15) is 24.2 Å². The fourth-order valence-corrected chi connectivity index (χ4v) is 2.14. The predicted molar refractivity (Wildman–Crippen MR) is 65.6 cm³/mol. The van der Waals surface area contributed by atoms with E-state index < -0.39 is 0 Å². The van der Waals surface area contributed by atoms with E-state index in [1.165, 1.54) is 0 Å². The van der Waals surface area contributed by atoms with Gasteiger partial charge in [0.1, 0.15) is 6.23 Å². The zero-order valence-corrected chi connectivity index (χ0v) is 10.7. The molecule has 1 heterocycles. The summed E-state index contributed by atoms with van der Waals surface area (Å²) in [5.41, 5.74) is 2.31. The van der Waals surface area contributed by atoms with E-state index in [0.717, 1.165) is 29.2 Å². The number of hydrogen-bond acceptors (Lipinski definition) is 4. The normalized spacial score (nSPS) is 23.8. The van der Waals surface area contributed by atoms with E-state index in [-0.39, 0.29) is 12.3 Å². The maximum Gasteiger partial charge on any atom is 0.161 e. The lowest BCUT2D eigenvalue weighted by molar-refractivity contribution is 0.0524. The minimum atomic E-state index is 0.0878. The van der Waals surface area contributed by atoms with Crippen molar-refractivity contribution in [1.29, 1.82) is 0 Å². The minimum absolute atomic E-state index is 0.0878. The summed E-state index contributed by atoms with van der Waals surface area (Å²) in [4.78, 5) is 0. The summed E-state index contributed by atoms with van der Waals surface area (Å²) >= 11 is 0. The topological polar surface area (TPSA) is 39.7 Å². The van der Waals surface area contributed by atoms with Gasteiger partial charge in [0.2, 0.25) is 0 Å². The number of aryl methyl sites for hydroxylation is 1. The van der Waals surface area contributed by atoms with Crippen LogP contribution in [0.15, 0.2) is 12.1 Å². The van der Waals surface area contributed by atoms with Gasteiger partial charge in [-0.05, 0) is 37.1 Å². The Bertz CT molecular complexity index is 406. The number of nitrogens with one attached hydrogen (secondary N) is 1. The van der Waals surface area contributed by atoms with Crippen molar-refractivity contribution in [2.45, 2.75) is 26.2 Å². The van der Waals surface area contributed by atoms with Crippen LogP contribution in [0.5, 0.6) is 11.5 Å². The smallest absolute Gasteiger partial charge is 0.161 e. The fraction of sp³-hybridized carbons (Fsp3) is 0.538. The molecule has 1 aromatic rings. The third-order valence-corrected chi connectivity index (χ3v) is 3.08. The Labute approximate surface area is 102 Å². The first-order valence-electron chi connectivity index (χ1n) is 5.77. The molecule has 17 heavy (non-hydrogen) atoms. The third-order valence-electron chi connectivity index (χ3n) is 3.08. The highest BCUT2D eigenvalue weighted by Gasteiger charge is 2.25. The summed E-state index contributed by atoms with van der Waals surface area (Å²) < 4.78 is 16.4. The van der Waals surface area contributed by atoms with E-state index in [4.69, 9.17) is 14.2 Å². The second kappa shape index (κ2) is 4.94. The second-order valence-electron chi connectivity index (χ2n) is 4.24. The second-order valence-corrected chi connectivity index (χ2v) is 4.24. The minimum Gasteiger partial charge on any atom is -0.493 e. The molecule has 1 saturated heterocycles. The van der Waals surface area contributed by atoms with Crippen LogP contribution < -0.4 is 14.8 Å². The number of benzene rings is 1. The number of hydrogen-bond donors (Lipinski definition) is 1. The predicted octanol–water partition coefficient (Wildman–Crippen LogP) is 2.02. The van der Waals surface area contributed by atoms with Gasteiger partial charge < -0.3 is 14.2 Å². The van der Waals surface area contributed by atoms with Crippen LogP contribution in [-0.2, 0) is 4.74 Å². The first kappa shape index (κ1) is 12.2. The van der Waals surface area contributed by atoms with Gasteiger partial charge in [0.15, 0.2) is 11.5 Å². The number of ether oxygens (including phenoxy) is 3. The first-order valence-corrected chi connectivity index (χ1v) is 5.77. The van der Waals surface area contributed by atoms with Crippen LogP contribution in [0.25, 0.3) is 0 Å². The molecular weight excluding hydrogens is 218 g/mol. The van der Waals surface area contributed by atoms with Crippen molar-refractivity contribution in [2.24, 2.45) is 0 Å². The molecule has 2 unspecified atom stereocenters. The van der Waals surface area contributed by atoms with Crippen LogP contribution in [0.4, 0.5) is 0 Å². The van der Waals surface area contributed by atoms with Crippen LogP contribution in [0.2, 0.25) is 0 Å². The standard InChI is InChI=1S/C13H19NO3/c1-8-5-11(15-3)12(16-4)6-10(8)13-7-14-9(2)17-13/h5-6,9,13-14H,7H2,1-4H3. The zero-order valence-electron chi connectivity index (χ0n) is 10.7. The Kier molecular flexibility index (Phi) is 3.54. The molecule has 4 nitrogen and oxygen atoms in total. The third kappa shape index (κ3) is 2.37. The van der Waals surface area contributed by atoms with E-state index in [1.54, 1.807) is 14.2 Å². The Morgan fingerprint density at radius 3 is 2.41 bits per heavy atom. The summed E-state index contributed by atoms with van der Waals surface area (Å²) in [5.74, 6) is 1.50. The van der Waals surface area contributed by atoms with E-state index in [0.29, 0.717) is 0 Å². The summed E-state index contributed by atoms with van der Waals surface area (Å²) in [7, 11) is 3.29. The average molecular weight is 237 g/mol. The van der Waals surface area contributed by atoms with Crippen molar-refractivity contribution in [2.75, 3.05) is 20.8 Å². The molecule has 1 aliphatic rings. The van der Waals surface area contributed by atoms with Gasteiger partial charge >= 0.3 is 0 Å². The first-order chi connectivity index (χ1) is 8.15. The summed E-state index contributed by atoms with van der Waals surface area (Å²) in [6, 6.07) is 3.99. The van der Waals surface area contributed by atoms with Gasteiger partial charge in [-0.2, -0.15) is 0 Å². The van der Waals surface area contributed by atoms with Crippen LogP contribution >= 0.6 is 0 Å². The number of rotatable bonds is 3. The van der Waals surface area contributed by atoms with Crippen molar-refractivity contribution in [3.05, 3.63) is 23.3 Å². The zero-order chi connectivity index (χ0) is 12.4. The molecule has 0 aliphatic carbocycles. The highest BCUT2D eigenvalue weighted by Crippen LogP contribution is 2.35. The molecule has 2 atom stereocenters. The summed E-state index contributed by atoms with van der Waals surface area (Å²) in [5, 5.41) is 3.27. The van der Waals surface area contributed by atoms with E-state index in [9.17, 15) is 0 Å². The molecule has 0 saturated carbocycles. The largest absolute Gasteiger partial charge is 0.493 e. The van der Waals surface area contributed by atoms with Crippen LogP contribution in [-0.4, -0.2) is 27.0 Å². The van der Waals surface area contributed by atoms with Crippen LogP contribution in [0, 0.1) is 6.92 Å². The van der Waals surface area contributed by atoms with Crippen molar-refractivity contribution >= 4 is 0 Å². The van der Waals surface area contributed by atoms with E-state index in [1.807, 2.05) is 19.1 Å². The average Bonchev–Trinajstić information content (AvgIpc) is 2.75. The molecule has 1 fully saturated rings. The monoisotopic (exact) mass is 237 g/mol. The molecule has 0 spiro atoms. The highest BCUT2D eigenvalue weighted by atomic mass is 16.5. The van der Waals surface area contributed by atoms with E-state index in [2.05, 4.69) is 12.2 Å². The number of methoxy groups -OCH3 is 2. The van der Waals surface area contributed by atoms with Gasteiger partial charge in [-0.25, -0.2) is 0 Å². The molecule has 94 valence electrons. The molecule has 2 rings (SSSR count). The molecule has 1 aliphatic heterocycles. The molecular formula is C13H19NO3. The molecule has 0 amide bonds. The van der Waals surface area contributed by atoms with Crippen molar-refractivity contribution in [3.8, 4) is 11.5 Å². The van der Waals surface area contributed by atoms with Gasteiger partial charge in [-0.3, -0.25) is 5.32 Å². The molecule has 1 aromatic carbocycles. The summed E-state index contributed by atoms with van der Waals surface area (Å²) in [6.07, 6.45) is 0.192. The van der Waals surface area contributed by atoms with E-state index >= 15 is 0 Å². The Balaban J connectivity index is 2.34. The van der Waals surface area contributed by atoms with Gasteiger partial charge in [0.05, 0.1) is 20.3 Å². The quantitative estimate of drug-likeness (QED) is 0.873. The Hall–Kier alpha value is -1.26. The van der Waals surface area contributed by atoms with Crippen molar-refractivity contribution in [1.82, 2.24) is 5.32 Å². The molecule has 0 radical (unpaired) electrons. The van der Waals surface area contributed by atoms with Gasteiger partial charge in [-0.15, -0.1) is 0 Å². The lowest BCUT2D eigenvalue weighted by Crippen LogP contribution is -2.17. The molecule has 1 N–H and O–H groups in total. The Morgan fingerprint density at radius 2 is 1.88 bits per heavy atom. The molecule has 0 bridgehead atoms. The van der Waals surface area contributed by atoms with Gasteiger partial charge in [0, 0.05) is 6.54 Å². The summed E-state index contributed by atoms with van der Waals surface area (Å²) in [6.45, 7) is 4.90. The highest BCUT2D eigenvalue weighted by molar-refractivity contribution is 5.48. The SMILES string of the molecule is COc1cc(C)c(C2CNC(C)O2)cc1OC. The van der Waals surface area contributed by atoms with Gasteiger partial charge in [-0.1, -0.05) is 0 Å². The van der Waals surface area contributed by atoms with Gasteiger partial charge in [0.25, 0.3) is 0 Å². The molecule has 0 aromatic heterocycles. The maximum atomic E-state index is 5.79.